The van der Waals surface area contributed by atoms with Gasteiger partial charge in [0.05, 0.1) is 0 Å². The summed E-state index contributed by atoms with van der Waals surface area (Å²) in [7, 11) is 0. The first-order valence-electron chi connectivity index (χ1n) is 4.28. The van der Waals surface area contributed by atoms with Crippen LogP contribution in [0.1, 0.15) is 12.8 Å². The number of amides is 2. The Morgan fingerprint density at radius 3 is 2.42 bits per heavy atom. The van der Waals surface area contributed by atoms with Crippen LogP contribution < -0.4 is 5.32 Å². The van der Waals surface area contributed by atoms with Crippen molar-refractivity contribution in [3.63, 3.8) is 0 Å². The second-order valence-electron chi connectivity index (χ2n) is 3.95. The van der Waals surface area contributed by atoms with E-state index in [4.69, 9.17) is 0 Å². The SMILES string of the molecule is O=C1NC(=O)C12CC1C=C[C@@H]2C1. The molecule has 0 aromatic heterocycles. The lowest BCUT2D eigenvalue weighted by molar-refractivity contribution is -0.159. The highest BCUT2D eigenvalue weighted by Gasteiger charge is 2.64. The smallest absolute Gasteiger partial charge is 0.242 e. The molecular formula is C9H9NO2. The molecule has 3 rings (SSSR count). The molecule has 1 unspecified atom stereocenters. The zero-order valence-electron chi connectivity index (χ0n) is 6.54. The van der Waals surface area contributed by atoms with Crippen LogP contribution >= 0.6 is 0 Å². The summed E-state index contributed by atoms with van der Waals surface area (Å²) in [5.41, 5.74) is -0.626. The molecule has 2 aliphatic carbocycles. The number of hydrogen-bond donors (Lipinski definition) is 1. The monoisotopic (exact) mass is 163 g/mol. The topological polar surface area (TPSA) is 46.2 Å². The average molecular weight is 163 g/mol. The predicted octanol–water partition coefficient (Wildman–Crippen LogP) is 0.225. The van der Waals surface area contributed by atoms with Crippen molar-refractivity contribution in [3.05, 3.63) is 12.2 Å². The maximum absolute atomic E-state index is 11.3. The summed E-state index contributed by atoms with van der Waals surface area (Å²) < 4.78 is 0. The average Bonchev–Trinajstić information content (AvgIpc) is 2.63. The molecule has 3 nitrogen and oxygen atoms in total. The molecule has 0 radical (unpaired) electrons. The number of allylic oxidation sites excluding steroid dienone is 2. The van der Waals surface area contributed by atoms with Gasteiger partial charge in [-0.2, -0.15) is 0 Å². The molecule has 1 saturated heterocycles. The van der Waals surface area contributed by atoms with Crippen LogP contribution in [0.4, 0.5) is 0 Å². The molecule has 62 valence electrons. The fourth-order valence-electron chi connectivity index (χ4n) is 2.75. The molecular weight excluding hydrogens is 154 g/mol. The molecule has 2 fully saturated rings. The Morgan fingerprint density at radius 2 is 2.08 bits per heavy atom. The van der Waals surface area contributed by atoms with Crippen molar-refractivity contribution in [2.45, 2.75) is 12.8 Å². The lowest BCUT2D eigenvalue weighted by Gasteiger charge is -2.39. The van der Waals surface area contributed by atoms with Gasteiger partial charge in [-0.25, -0.2) is 0 Å². The van der Waals surface area contributed by atoms with Crippen molar-refractivity contribution < 1.29 is 9.59 Å². The van der Waals surface area contributed by atoms with Gasteiger partial charge in [-0.1, -0.05) is 12.2 Å². The Balaban J connectivity index is 2.08. The summed E-state index contributed by atoms with van der Waals surface area (Å²) in [6.07, 6.45) is 5.91. The first-order chi connectivity index (χ1) is 5.73. The van der Waals surface area contributed by atoms with E-state index in [-0.39, 0.29) is 17.7 Å². The third kappa shape index (κ3) is 0.453. The second-order valence-corrected chi connectivity index (χ2v) is 3.95. The number of carbonyl (C=O) groups excluding carboxylic acids is 2. The molecule has 1 N–H and O–H groups in total. The Kier molecular flexibility index (Phi) is 0.868. The minimum Gasteiger partial charge on any atom is -0.295 e. The normalized spacial score (nSPS) is 40.3. The van der Waals surface area contributed by atoms with Gasteiger partial charge in [-0.05, 0) is 18.8 Å². The van der Waals surface area contributed by atoms with E-state index < -0.39 is 5.41 Å². The van der Waals surface area contributed by atoms with Crippen molar-refractivity contribution >= 4 is 11.8 Å². The third-order valence-corrected chi connectivity index (χ3v) is 3.43. The molecule has 0 aromatic rings. The molecule has 12 heavy (non-hydrogen) atoms. The number of hydrogen-bond acceptors (Lipinski definition) is 2. The summed E-state index contributed by atoms with van der Waals surface area (Å²) in [6, 6.07) is 0. The molecule has 1 spiro atoms. The lowest BCUT2D eigenvalue weighted by Crippen LogP contribution is -2.65. The maximum atomic E-state index is 11.3. The van der Waals surface area contributed by atoms with Crippen LogP contribution in [-0.4, -0.2) is 11.8 Å². The fraction of sp³-hybridized carbons (Fsp3) is 0.556. The first kappa shape index (κ1) is 6.40. The summed E-state index contributed by atoms with van der Waals surface area (Å²) >= 11 is 0. The highest BCUT2D eigenvalue weighted by atomic mass is 16.2. The van der Waals surface area contributed by atoms with Crippen molar-refractivity contribution in [2.75, 3.05) is 0 Å². The molecule has 0 aromatic carbocycles. The number of rotatable bonds is 0. The van der Waals surface area contributed by atoms with Crippen molar-refractivity contribution in [3.8, 4) is 0 Å². The zero-order chi connectivity index (χ0) is 8.34. The number of fused-ring (bicyclic) bond motifs is 3. The predicted molar refractivity (Wildman–Crippen MR) is 40.9 cm³/mol. The Labute approximate surface area is 69.8 Å². The molecule has 3 heteroatoms. The van der Waals surface area contributed by atoms with Gasteiger partial charge >= 0.3 is 0 Å². The van der Waals surface area contributed by atoms with E-state index >= 15 is 0 Å². The highest BCUT2D eigenvalue weighted by molar-refractivity contribution is 6.22. The van der Waals surface area contributed by atoms with Gasteiger partial charge in [0.1, 0.15) is 5.41 Å². The van der Waals surface area contributed by atoms with Gasteiger partial charge < -0.3 is 0 Å². The molecule has 1 heterocycles. The number of carbonyl (C=O) groups is 2. The minimum atomic E-state index is -0.626. The van der Waals surface area contributed by atoms with Gasteiger partial charge in [0.15, 0.2) is 0 Å². The van der Waals surface area contributed by atoms with E-state index in [2.05, 4.69) is 11.4 Å². The number of β-lactam (4-membered cyclic amide) rings is 2. The van der Waals surface area contributed by atoms with Gasteiger partial charge in [0, 0.05) is 5.92 Å². The van der Waals surface area contributed by atoms with E-state index in [0.29, 0.717) is 5.92 Å². The highest BCUT2D eigenvalue weighted by Crippen LogP contribution is 2.55. The van der Waals surface area contributed by atoms with Crippen LogP contribution in [0.25, 0.3) is 0 Å². The van der Waals surface area contributed by atoms with Crippen LogP contribution in [0.15, 0.2) is 12.2 Å². The van der Waals surface area contributed by atoms with Crippen LogP contribution in [0, 0.1) is 17.3 Å². The van der Waals surface area contributed by atoms with E-state index in [9.17, 15) is 9.59 Å². The Hall–Kier alpha value is -1.12. The summed E-state index contributed by atoms with van der Waals surface area (Å²) in [4.78, 5) is 22.6. The molecule has 1 saturated carbocycles. The summed E-state index contributed by atoms with van der Waals surface area (Å²) in [5.74, 6) is 0.572. The minimum absolute atomic E-state index is 0.0515. The molecule has 3 aliphatic rings. The van der Waals surface area contributed by atoms with E-state index in [1.807, 2.05) is 6.08 Å². The number of nitrogens with one attached hydrogen (secondary N) is 1. The largest absolute Gasteiger partial charge is 0.295 e. The van der Waals surface area contributed by atoms with E-state index in [1.165, 1.54) is 0 Å². The van der Waals surface area contributed by atoms with Crippen molar-refractivity contribution in [2.24, 2.45) is 17.3 Å². The first-order valence-corrected chi connectivity index (χ1v) is 4.28. The molecule has 2 bridgehead atoms. The second kappa shape index (κ2) is 1.63. The summed E-state index contributed by atoms with van der Waals surface area (Å²) in [6.45, 7) is 0. The summed E-state index contributed by atoms with van der Waals surface area (Å²) in [5, 5.41) is 2.31. The Bertz CT molecular complexity index is 304. The van der Waals surface area contributed by atoms with E-state index in [1.54, 1.807) is 0 Å². The fourth-order valence-corrected chi connectivity index (χ4v) is 2.75. The van der Waals surface area contributed by atoms with Crippen LogP contribution in [-0.2, 0) is 9.59 Å². The molecule has 2 atom stereocenters. The van der Waals surface area contributed by atoms with Crippen LogP contribution in [0.2, 0.25) is 0 Å². The standard InChI is InChI=1S/C9H9NO2/c11-7-9(8(12)10-7)4-5-1-2-6(9)3-5/h1-2,5-6H,3-4H2,(H,10,11,12)/t5?,6-/m1/s1. The quantitative estimate of drug-likeness (QED) is 0.315. The van der Waals surface area contributed by atoms with E-state index in [0.717, 1.165) is 12.8 Å². The maximum Gasteiger partial charge on any atom is 0.242 e. The third-order valence-electron chi connectivity index (χ3n) is 3.43. The number of imide groups is 1. The van der Waals surface area contributed by atoms with Crippen LogP contribution in [0.3, 0.4) is 0 Å². The molecule has 1 aliphatic heterocycles. The zero-order valence-corrected chi connectivity index (χ0v) is 6.54. The van der Waals surface area contributed by atoms with Gasteiger partial charge in [0.2, 0.25) is 11.8 Å². The Morgan fingerprint density at radius 1 is 1.33 bits per heavy atom. The lowest BCUT2D eigenvalue weighted by atomic mass is 9.69. The van der Waals surface area contributed by atoms with Gasteiger partial charge in [-0.15, -0.1) is 0 Å². The molecule has 2 amide bonds. The van der Waals surface area contributed by atoms with Crippen LogP contribution in [0.5, 0.6) is 0 Å². The van der Waals surface area contributed by atoms with Crippen molar-refractivity contribution in [1.82, 2.24) is 5.32 Å². The van der Waals surface area contributed by atoms with Gasteiger partial charge in [-0.3, -0.25) is 14.9 Å². The van der Waals surface area contributed by atoms with Crippen molar-refractivity contribution in [1.29, 1.82) is 0 Å². The van der Waals surface area contributed by atoms with Gasteiger partial charge in [0.25, 0.3) is 0 Å².